The monoisotopic (exact) mass is 421 g/mol. The minimum absolute atomic E-state index is 0.0176. The quantitative estimate of drug-likeness (QED) is 0.0854. The van der Waals surface area contributed by atoms with Crippen LogP contribution >= 0.6 is 11.6 Å². The lowest BCUT2D eigenvalue weighted by Crippen LogP contribution is -2.06. The first-order valence-corrected chi connectivity index (χ1v) is 11.5. The maximum atomic E-state index is 8.42. The van der Waals surface area contributed by atoms with Gasteiger partial charge in [-0.05, 0) is 54.4 Å². The molecule has 0 bridgehead atoms. The first-order valence-electron chi connectivity index (χ1n) is 11.1. The summed E-state index contributed by atoms with van der Waals surface area (Å²) in [5.74, 6) is 0.330. The summed E-state index contributed by atoms with van der Waals surface area (Å²) in [6.07, 6.45) is 22.8. The molecule has 0 unspecified atom stereocenters. The van der Waals surface area contributed by atoms with Gasteiger partial charge in [0.05, 0.1) is 0 Å². The van der Waals surface area contributed by atoms with Crippen LogP contribution in [-0.2, 0) is 0 Å². The number of azide groups is 1. The molecule has 1 N–H and O–H groups in total. The summed E-state index contributed by atoms with van der Waals surface area (Å²) in [6.45, 7) is 3.03. The van der Waals surface area contributed by atoms with Crippen molar-refractivity contribution in [3.8, 4) is 0 Å². The lowest BCUT2D eigenvalue weighted by atomic mass is 10.1. The fourth-order valence-electron chi connectivity index (χ4n) is 3.08. The highest BCUT2D eigenvalue weighted by Crippen LogP contribution is 2.13. The smallest absolute Gasteiger partial charge is 0.227 e. The van der Waals surface area contributed by atoms with Crippen molar-refractivity contribution >= 4 is 23.5 Å². The summed E-state index contributed by atoms with van der Waals surface area (Å²) >= 11 is 5.78. The lowest BCUT2D eigenvalue weighted by molar-refractivity contribution is 0.602. The Balaban J connectivity index is 1.91. The van der Waals surface area contributed by atoms with Crippen molar-refractivity contribution in [2.45, 2.75) is 96.8 Å². The van der Waals surface area contributed by atoms with E-state index in [1.54, 1.807) is 0 Å². The maximum absolute atomic E-state index is 8.42. The Labute approximate surface area is 180 Å². The highest BCUT2D eigenvalue weighted by Gasteiger charge is 2.02. The number of hydrogen-bond acceptors (Lipinski definition) is 5. The van der Waals surface area contributed by atoms with Gasteiger partial charge in [-0.2, -0.15) is 15.0 Å². The zero-order valence-corrected chi connectivity index (χ0v) is 18.6. The molecule has 29 heavy (non-hydrogen) atoms. The van der Waals surface area contributed by atoms with Crippen LogP contribution in [0.1, 0.15) is 96.8 Å². The second-order valence-electron chi connectivity index (χ2n) is 7.28. The number of anilines is 1. The maximum Gasteiger partial charge on any atom is 0.227 e. The molecule has 1 heterocycles. The van der Waals surface area contributed by atoms with Crippen LogP contribution < -0.4 is 5.32 Å². The van der Waals surface area contributed by atoms with Gasteiger partial charge in [-0.25, -0.2) is 0 Å². The van der Waals surface area contributed by atoms with E-state index < -0.39 is 0 Å². The van der Waals surface area contributed by atoms with Crippen LogP contribution in [0.25, 0.3) is 10.4 Å². The van der Waals surface area contributed by atoms with Crippen LogP contribution in [0, 0.1) is 0 Å². The Bertz CT molecular complexity index is 615. The van der Waals surface area contributed by atoms with Crippen molar-refractivity contribution in [3.63, 3.8) is 0 Å². The fraction of sp³-hybridized carbons (Fsp3) is 0.762. The lowest BCUT2D eigenvalue weighted by Gasteiger charge is -2.05. The van der Waals surface area contributed by atoms with Gasteiger partial charge in [-0.15, -0.1) is 0 Å². The number of halogens is 1. The standard InChI is InChI=1S/C21H36ClN7/c1-2-3-4-5-6-7-8-9-10-11-12-13-14-15-16-17-18-24-20-25-19(22)26-21(27-20)28-29-23/h9-10H,2-8,11-18H2,1H3,(H,24,25,26,27)/b10-9-. The molecule has 0 atom stereocenters. The van der Waals surface area contributed by atoms with E-state index in [0.717, 1.165) is 13.0 Å². The molecule has 0 fully saturated rings. The largest absolute Gasteiger partial charge is 0.354 e. The molecule has 0 aliphatic carbocycles. The van der Waals surface area contributed by atoms with Gasteiger partial charge in [-0.1, -0.05) is 76.9 Å². The van der Waals surface area contributed by atoms with Crippen molar-refractivity contribution < 1.29 is 0 Å². The van der Waals surface area contributed by atoms with Gasteiger partial charge in [0.1, 0.15) is 0 Å². The van der Waals surface area contributed by atoms with Crippen LogP contribution in [0.4, 0.5) is 11.9 Å². The Morgan fingerprint density at radius 1 is 0.862 bits per heavy atom. The van der Waals surface area contributed by atoms with E-state index >= 15 is 0 Å². The molecule has 1 rings (SSSR count). The predicted molar refractivity (Wildman–Crippen MR) is 122 cm³/mol. The molecule has 0 aliphatic heterocycles. The second kappa shape index (κ2) is 18.2. The summed E-state index contributed by atoms with van der Waals surface area (Å²) in [5, 5.41) is 6.46. The zero-order valence-electron chi connectivity index (χ0n) is 17.8. The van der Waals surface area contributed by atoms with Crippen LogP contribution in [0.2, 0.25) is 5.28 Å². The van der Waals surface area contributed by atoms with Crippen molar-refractivity contribution in [1.82, 2.24) is 15.0 Å². The first-order chi connectivity index (χ1) is 14.3. The Hall–Kier alpha value is -1.85. The molecule has 0 aliphatic rings. The molecule has 7 nitrogen and oxygen atoms in total. The third-order valence-electron chi connectivity index (χ3n) is 4.70. The average molecular weight is 422 g/mol. The normalized spacial score (nSPS) is 11.0. The van der Waals surface area contributed by atoms with E-state index in [1.807, 2.05) is 0 Å². The predicted octanol–water partition coefficient (Wildman–Crippen LogP) is 7.92. The molecular weight excluding hydrogens is 386 g/mol. The number of nitrogens with one attached hydrogen (secondary N) is 1. The number of aromatic nitrogens is 3. The molecular formula is C21H36ClN7. The van der Waals surface area contributed by atoms with Gasteiger partial charge in [0.2, 0.25) is 17.2 Å². The summed E-state index contributed by atoms with van der Waals surface area (Å²) in [7, 11) is 0. The first kappa shape index (κ1) is 25.2. The molecule has 0 radical (unpaired) electrons. The number of nitrogens with zero attached hydrogens (tertiary/aromatic N) is 6. The molecule has 8 heteroatoms. The van der Waals surface area contributed by atoms with Crippen molar-refractivity contribution in [2.24, 2.45) is 5.11 Å². The molecule has 1 aromatic heterocycles. The van der Waals surface area contributed by atoms with E-state index in [-0.39, 0.29) is 11.2 Å². The van der Waals surface area contributed by atoms with Crippen LogP contribution in [0.15, 0.2) is 17.3 Å². The SMILES string of the molecule is CCCCCCCC/C=C\CCCCCCCCNc1nc(Cl)nc(N=[N+]=[N-])n1. The van der Waals surface area contributed by atoms with E-state index in [0.29, 0.717) is 5.95 Å². The highest BCUT2D eigenvalue weighted by atomic mass is 35.5. The van der Waals surface area contributed by atoms with Crippen molar-refractivity contribution in [3.05, 3.63) is 27.9 Å². The van der Waals surface area contributed by atoms with E-state index in [2.05, 4.69) is 49.4 Å². The van der Waals surface area contributed by atoms with E-state index in [9.17, 15) is 0 Å². The second-order valence-corrected chi connectivity index (χ2v) is 7.62. The van der Waals surface area contributed by atoms with Crippen LogP contribution in [0.5, 0.6) is 0 Å². The number of rotatable bonds is 18. The Kier molecular flexibility index (Phi) is 15.8. The Morgan fingerprint density at radius 2 is 1.45 bits per heavy atom. The summed E-state index contributed by atoms with van der Waals surface area (Å²) in [5.41, 5.74) is 8.42. The van der Waals surface area contributed by atoms with Crippen LogP contribution in [-0.4, -0.2) is 21.5 Å². The Morgan fingerprint density at radius 3 is 2.07 bits per heavy atom. The molecule has 1 aromatic rings. The van der Waals surface area contributed by atoms with Gasteiger partial charge < -0.3 is 5.32 Å². The van der Waals surface area contributed by atoms with Gasteiger partial charge in [0.15, 0.2) is 0 Å². The topological polar surface area (TPSA) is 99.5 Å². The average Bonchev–Trinajstić information content (AvgIpc) is 2.70. The van der Waals surface area contributed by atoms with Crippen LogP contribution in [0.3, 0.4) is 0 Å². The molecule has 0 saturated heterocycles. The van der Waals surface area contributed by atoms with Crippen molar-refractivity contribution in [2.75, 3.05) is 11.9 Å². The number of hydrogen-bond donors (Lipinski definition) is 1. The zero-order chi connectivity index (χ0) is 21.0. The minimum Gasteiger partial charge on any atom is -0.354 e. The summed E-state index contributed by atoms with van der Waals surface area (Å²) in [4.78, 5) is 14.3. The highest BCUT2D eigenvalue weighted by molar-refractivity contribution is 6.28. The fourth-order valence-corrected chi connectivity index (χ4v) is 3.23. The van der Waals surface area contributed by atoms with Gasteiger partial charge >= 0.3 is 0 Å². The summed E-state index contributed by atoms with van der Waals surface area (Å²) in [6, 6.07) is 0. The molecule has 0 amide bonds. The molecule has 0 saturated carbocycles. The number of allylic oxidation sites excluding steroid dienone is 2. The van der Waals surface area contributed by atoms with E-state index in [4.69, 9.17) is 17.1 Å². The minimum atomic E-state index is -0.0176. The summed E-state index contributed by atoms with van der Waals surface area (Å²) < 4.78 is 0. The van der Waals surface area contributed by atoms with Gasteiger partial charge in [0, 0.05) is 11.5 Å². The van der Waals surface area contributed by atoms with E-state index in [1.165, 1.54) is 83.5 Å². The third kappa shape index (κ3) is 14.8. The molecule has 0 aromatic carbocycles. The molecule has 0 spiro atoms. The third-order valence-corrected chi connectivity index (χ3v) is 4.87. The number of unbranched alkanes of at least 4 members (excludes halogenated alkanes) is 12. The molecule has 162 valence electrons. The van der Waals surface area contributed by atoms with Gasteiger partial charge in [0.25, 0.3) is 0 Å². The van der Waals surface area contributed by atoms with Crippen molar-refractivity contribution in [1.29, 1.82) is 0 Å². The van der Waals surface area contributed by atoms with Gasteiger partial charge in [-0.3, -0.25) is 0 Å².